The fraction of sp³-hybridized carbons (Fsp3) is 0.333. The summed E-state index contributed by atoms with van der Waals surface area (Å²) in [6, 6.07) is 8.17. The highest BCUT2D eigenvalue weighted by atomic mass is 32.1. The van der Waals surface area contributed by atoms with Crippen LogP contribution in [-0.2, 0) is 12.1 Å². The molecule has 3 aromatic heterocycles. The summed E-state index contributed by atoms with van der Waals surface area (Å²) < 4.78 is 7.55. The van der Waals surface area contributed by atoms with Crippen LogP contribution in [0, 0.1) is 0 Å². The molecular formula is C15H16N4OS. The normalized spacial score (nSPS) is 16.8. The van der Waals surface area contributed by atoms with Crippen LogP contribution in [0.5, 0.6) is 0 Å². The third-order valence-electron chi connectivity index (χ3n) is 4.07. The van der Waals surface area contributed by atoms with Crippen LogP contribution >= 0.6 is 11.3 Å². The Morgan fingerprint density at radius 1 is 1.33 bits per heavy atom. The lowest BCUT2D eigenvalue weighted by atomic mass is 9.77. The fourth-order valence-electron chi connectivity index (χ4n) is 2.63. The molecule has 4 rings (SSSR count). The average molecular weight is 300 g/mol. The van der Waals surface area contributed by atoms with Gasteiger partial charge in [0.1, 0.15) is 5.69 Å². The van der Waals surface area contributed by atoms with Crippen molar-refractivity contribution in [3.05, 3.63) is 46.5 Å². The van der Waals surface area contributed by atoms with Crippen molar-refractivity contribution >= 4 is 11.3 Å². The molecule has 0 amide bonds. The first-order chi connectivity index (χ1) is 10.2. The van der Waals surface area contributed by atoms with Crippen molar-refractivity contribution in [2.24, 2.45) is 5.73 Å². The van der Waals surface area contributed by atoms with Crippen LogP contribution in [0.25, 0.3) is 11.6 Å². The molecule has 0 spiro atoms. The Morgan fingerprint density at radius 2 is 2.24 bits per heavy atom. The number of rotatable bonds is 4. The lowest BCUT2D eigenvalue weighted by molar-refractivity contribution is 0.229. The molecule has 6 heteroatoms. The molecule has 1 aliphatic carbocycles. The summed E-state index contributed by atoms with van der Waals surface area (Å²) in [4.78, 5) is 5.81. The predicted molar refractivity (Wildman–Crippen MR) is 80.9 cm³/mol. The van der Waals surface area contributed by atoms with Gasteiger partial charge in [-0.05, 0) is 42.8 Å². The van der Waals surface area contributed by atoms with E-state index in [-0.39, 0.29) is 5.54 Å². The molecule has 108 valence electrons. The molecule has 2 N–H and O–H groups in total. The van der Waals surface area contributed by atoms with Crippen LogP contribution in [0.4, 0.5) is 0 Å². The molecule has 0 atom stereocenters. The highest BCUT2D eigenvalue weighted by Gasteiger charge is 2.39. The Balaban J connectivity index is 1.63. The van der Waals surface area contributed by atoms with Gasteiger partial charge >= 0.3 is 0 Å². The minimum absolute atomic E-state index is 0.382. The highest BCUT2D eigenvalue weighted by molar-refractivity contribution is 7.09. The Kier molecular flexibility index (Phi) is 2.94. The van der Waals surface area contributed by atoms with Gasteiger partial charge in [0.25, 0.3) is 5.89 Å². The van der Waals surface area contributed by atoms with Gasteiger partial charge in [-0.2, -0.15) is 4.98 Å². The summed E-state index contributed by atoms with van der Waals surface area (Å²) in [5, 5.41) is 6.16. The van der Waals surface area contributed by atoms with Crippen molar-refractivity contribution in [1.82, 2.24) is 14.7 Å². The molecule has 1 saturated carbocycles. The van der Waals surface area contributed by atoms with Gasteiger partial charge in [-0.15, -0.1) is 11.3 Å². The Labute approximate surface area is 126 Å². The summed E-state index contributed by atoms with van der Waals surface area (Å²) in [7, 11) is 0. The molecule has 0 bridgehead atoms. The summed E-state index contributed by atoms with van der Waals surface area (Å²) >= 11 is 1.74. The predicted octanol–water partition coefficient (Wildman–Crippen LogP) is 2.99. The maximum atomic E-state index is 6.25. The summed E-state index contributed by atoms with van der Waals surface area (Å²) in [5.41, 5.74) is 6.80. The van der Waals surface area contributed by atoms with E-state index in [1.165, 1.54) is 4.88 Å². The van der Waals surface area contributed by atoms with Crippen LogP contribution in [-0.4, -0.2) is 14.7 Å². The van der Waals surface area contributed by atoms with Crippen LogP contribution in [0.1, 0.15) is 30.0 Å². The molecule has 0 aliphatic heterocycles. The van der Waals surface area contributed by atoms with Gasteiger partial charge in [0.2, 0.25) is 0 Å². The SMILES string of the molecule is NC1(c2noc(-c3cccn3Cc3cccs3)n2)CCC1. The maximum Gasteiger partial charge on any atom is 0.274 e. The summed E-state index contributed by atoms with van der Waals surface area (Å²) in [6.07, 6.45) is 5.03. The van der Waals surface area contributed by atoms with Gasteiger partial charge in [-0.25, -0.2) is 0 Å². The van der Waals surface area contributed by atoms with Crippen molar-refractivity contribution < 1.29 is 4.52 Å². The molecule has 0 unspecified atom stereocenters. The van der Waals surface area contributed by atoms with Crippen molar-refractivity contribution in [2.75, 3.05) is 0 Å². The number of thiophene rings is 1. The van der Waals surface area contributed by atoms with E-state index < -0.39 is 0 Å². The minimum Gasteiger partial charge on any atom is -0.338 e. The van der Waals surface area contributed by atoms with Crippen molar-refractivity contribution in [2.45, 2.75) is 31.3 Å². The monoisotopic (exact) mass is 300 g/mol. The molecule has 3 aromatic rings. The van der Waals surface area contributed by atoms with Crippen LogP contribution < -0.4 is 5.73 Å². The molecule has 5 nitrogen and oxygen atoms in total. The van der Waals surface area contributed by atoms with Gasteiger partial charge in [-0.3, -0.25) is 0 Å². The van der Waals surface area contributed by atoms with Crippen LogP contribution in [0.15, 0.2) is 40.4 Å². The minimum atomic E-state index is -0.382. The third-order valence-corrected chi connectivity index (χ3v) is 4.93. The van der Waals surface area contributed by atoms with Crippen molar-refractivity contribution in [1.29, 1.82) is 0 Å². The second-order valence-electron chi connectivity index (χ2n) is 5.53. The van der Waals surface area contributed by atoms with Gasteiger partial charge in [0.05, 0.1) is 12.1 Å². The number of nitrogens with two attached hydrogens (primary N) is 1. The number of hydrogen-bond acceptors (Lipinski definition) is 5. The van der Waals surface area contributed by atoms with E-state index in [1.807, 2.05) is 18.3 Å². The van der Waals surface area contributed by atoms with Crippen LogP contribution in [0.3, 0.4) is 0 Å². The molecule has 0 saturated heterocycles. The highest BCUT2D eigenvalue weighted by Crippen LogP contribution is 2.37. The van der Waals surface area contributed by atoms with Crippen molar-refractivity contribution in [3.8, 4) is 11.6 Å². The van der Waals surface area contributed by atoms with Gasteiger partial charge < -0.3 is 14.8 Å². The lowest BCUT2D eigenvalue weighted by Crippen LogP contribution is -2.44. The quantitative estimate of drug-likeness (QED) is 0.804. The second-order valence-corrected chi connectivity index (χ2v) is 6.57. The molecule has 0 radical (unpaired) electrons. The third kappa shape index (κ3) is 2.20. The summed E-state index contributed by atoms with van der Waals surface area (Å²) in [5.74, 6) is 1.18. The van der Waals surface area contributed by atoms with E-state index in [9.17, 15) is 0 Å². The van der Waals surface area contributed by atoms with E-state index >= 15 is 0 Å². The second kappa shape index (κ2) is 4.82. The molecule has 21 heavy (non-hydrogen) atoms. The Hall–Kier alpha value is -1.92. The first kappa shape index (κ1) is 12.8. The van der Waals surface area contributed by atoms with E-state index in [0.29, 0.717) is 11.7 Å². The average Bonchev–Trinajstić information content (AvgIpc) is 3.17. The van der Waals surface area contributed by atoms with Gasteiger partial charge in [-0.1, -0.05) is 11.2 Å². The fourth-order valence-corrected chi connectivity index (χ4v) is 3.33. The zero-order valence-corrected chi connectivity index (χ0v) is 12.3. The molecular weight excluding hydrogens is 284 g/mol. The lowest BCUT2D eigenvalue weighted by Gasteiger charge is -2.34. The first-order valence-electron chi connectivity index (χ1n) is 7.06. The van der Waals surface area contributed by atoms with E-state index in [4.69, 9.17) is 10.3 Å². The Morgan fingerprint density at radius 3 is 2.95 bits per heavy atom. The standard InChI is InChI=1S/C15H16N4OS/c16-15(6-3-7-15)14-17-13(20-18-14)12-5-1-8-19(12)10-11-4-2-9-21-11/h1-2,4-5,8-9H,3,6-7,10,16H2. The summed E-state index contributed by atoms with van der Waals surface area (Å²) in [6.45, 7) is 0.811. The van der Waals surface area contributed by atoms with E-state index in [1.54, 1.807) is 11.3 Å². The number of aromatic nitrogens is 3. The zero-order chi connectivity index (χ0) is 14.3. The maximum absolute atomic E-state index is 6.25. The van der Waals surface area contributed by atoms with Crippen molar-refractivity contribution in [3.63, 3.8) is 0 Å². The molecule has 3 heterocycles. The van der Waals surface area contributed by atoms with E-state index in [0.717, 1.165) is 31.5 Å². The van der Waals surface area contributed by atoms with E-state index in [2.05, 4.69) is 32.2 Å². The molecule has 1 aliphatic rings. The number of hydrogen-bond donors (Lipinski definition) is 1. The topological polar surface area (TPSA) is 69.9 Å². The smallest absolute Gasteiger partial charge is 0.274 e. The number of nitrogens with zero attached hydrogens (tertiary/aromatic N) is 3. The molecule has 0 aromatic carbocycles. The van der Waals surface area contributed by atoms with Crippen LogP contribution in [0.2, 0.25) is 0 Å². The Bertz CT molecular complexity index is 739. The van der Waals surface area contributed by atoms with Gasteiger partial charge in [0.15, 0.2) is 5.82 Å². The molecule has 1 fully saturated rings. The first-order valence-corrected chi connectivity index (χ1v) is 7.94. The largest absolute Gasteiger partial charge is 0.338 e. The zero-order valence-electron chi connectivity index (χ0n) is 11.5. The van der Waals surface area contributed by atoms with Gasteiger partial charge in [0, 0.05) is 11.1 Å².